The number of sulfonamides is 1. The minimum atomic E-state index is -3.73. The summed E-state index contributed by atoms with van der Waals surface area (Å²) in [5, 5.41) is 0.771. The molecule has 0 bridgehead atoms. The topological polar surface area (TPSA) is 86.1 Å². The molecular weight excluding hydrogens is 384 g/mol. The summed E-state index contributed by atoms with van der Waals surface area (Å²) in [7, 11) is -2.20. The number of benzene rings is 2. The van der Waals surface area contributed by atoms with E-state index >= 15 is 0 Å². The molecule has 0 aliphatic rings. The summed E-state index contributed by atoms with van der Waals surface area (Å²) in [6.45, 7) is 0.221. The molecule has 9 heteroatoms. The fourth-order valence-corrected chi connectivity index (χ4v) is 4.94. The first-order valence-corrected chi connectivity index (χ1v) is 10.4. The number of aromatic nitrogens is 3. The second-order valence-corrected chi connectivity index (χ2v) is 8.46. The largest absolute Gasteiger partial charge is 0.380 e. The normalized spacial score (nSPS) is 11.7. The number of ether oxygens (including phenoxy) is 1. The summed E-state index contributed by atoms with van der Waals surface area (Å²) in [5.41, 5.74) is 1.88. The average molecular weight is 400 g/mol. The highest BCUT2D eigenvalue weighted by molar-refractivity contribution is 7.92. The lowest BCUT2D eigenvalue weighted by molar-refractivity contribution is 0.182. The number of nitrogens with zero attached hydrogens (tertiary/aromatic N) is 3. The van der Waals surface area contributed by atoms with E-state index < -0.39 is 10.0 Å². The smallest absolute Gasteiger partial charge is 0.262 e. The van der Waals surface area contributed by atoms with Crippen molar-refractivity contribution in [3.05, 3.63) is 66.7 Å². The fourth-order valence-electron chi connectivity index (χ4n) is 2.71. The van der Waals surface area contributed by atoms with Crippen LogP contribution in [-0.4, -0.2) is 30.1 Å². The quantitative estimate of drug-likeness (QED) is 0.536. The van der Waals surface area contributed by atoms with Gasteiger partial charge in [0.25, 0.3) is 10.0 Å². The first-order chi connectivity index (χ1) is 13.1. The van der Waals surface area contributed by atoms with Crippen LogP contribution >= 0.6 is 11.3 Å². The minimum Gasteiger partial charge on any atom is -0.380 e. The Morgan fingerprint density at radius 1 is 1.22 bits per heavy atom. The molecular formula is C18H16N4O3S2. The molecule has 0 aliphatic carbocycles. The maximum absolute atomic E-state index is 12.8. The van der Waals surface area contributed by atoms with E-state index in [1.54, 1.807) is 55.0 Å². The van der Waals surface area contributed by atoms with Gasteiger partial charge in [-0.2, -0.15) is 0 Å². The Morgan fingerprint density at radius 2 is 2.07 bits per heavy atom. The van der Waals surface area contributed by atoms with E-state index in [1.807, 2.05) is 10.8 Å². The molecule has 2 heterocycles. The molecule has 0 radical (unpaired) electrons. The molecule has 27 heavy (non-hydrogen) atoms. The number of hydrogen-bond acceptors (Lipinski definition) is 6. The van der Waals surface area contributed by atoms with E-state index in [0.29, 0.717) is 11.3 Å². The van der Waals surface area contributed by atoms with Gasteiger partial charge in [0.05, 0.1) is 27.4 Å². The van der Waals surface area contributed by atoms with Crippen molar-refractivity contribution in [2.24, 2.45) is 0 Å². The van der Waals surface area contributed by atoms with E-state index in [0.717, 1.165) is 15.3 Å². The zero-order valence-corrected chi connectivity index (χ0v) is 16.0. The third-order valence-corrected chi connectivity index (χ3v) is 6.43. The maximum Gasteiger partial charge on any atom is 0.262 e. The van der Waals surface area contributed by atoms with Crippen molar-refractivity contribution < 1.29 is 13.2 Å². The number of rotatable bonds is 6. The van der Waals surface area contributed by atoms with Gasteiger partial charge in [0.15, 0.2) is 5.13 Å². The zero-order valence-electron chi connectivity index (χ0n) is 14.4. The molecule has 4 aromatic rings. The molecule has 138 valence electrons. The second kappa shape index (κ2) is 7.10. The Kier molecular flexibility index (Phi) is 4.65. The minimum absolute atomic E-state index is 0.204. The van der Waals surface area contributed by atoms with Crippen LogP contribution in [0.25, 0.3) is 15.3 Å². The molecule has 0 saturated carbocycles. The number of fused-ring (bicyclic) bond motifs is 1. The lowest BCUT2D eigenvalue weighted by Gasteiger charge is -2.11. The van der Waals surface area contributed by atoms with Crippen LogP contribution < -0.4 is 4.72 Å². The highest BCUT2D eigenvalue weighted by atomic mass is 32.2. The Bertz CT molecular complexity index is 1180. The summed E-state index contributed by atoms with van der Waals surface area (Å²) in [5.74, 6) is 0. The van der Waals surface area contributed by atoms with Crippen LogP contribution in [0, 0.1) is 0 Å². The van der Waals surface area contributed by atoms with Crippen molar-refractivity contribution in [2.45, 2.75) is 11.5 Å². The second-order valence-electron chi connectivity index (χ2n) is 5.80. The van der Waals surface area contributed by atoms with Gasteiger partial charge in [-0.25, -0.2) is 18.4 Å². The molecule has 2 aromatic carbocycles. The summed E-state index contributed by atoms with van der Waals surface area (Å²) < 4.78 is 36.1. The van der Waals surface area contributed by atoms with Crippen molar-refractivity contribution in [2.75, 3.05) is 11.8 Å². The van der Waals surface area contributed by atoms with E-state index in [1.165, 1.54) is 18.4 Å². The average Bonchev–Trinajstić information content (AvgIpc) is 3.31. The van der Waals surface area contributed by atoms with Gasteiger partial charge in [-0.3, -0.25) is 9.29 Å². The highest BCUT2D eigenvalue weighted by Crippen LogP contribution is 2.29. The number of imidazole rings is 1. The van der Waals surface area contributed by atoms with Gasteiger partial charge in [0.2, 0.25) is 0 Å². The monoisotopic (exact) mass is 400 g/mol. The Morgan fingerprint density at radius 3 is 2.85 bits per heavy atom. The third-order valence-electron chi connectivity index (χ3n) is 3.92. The number of thiazole rings is 1. The van der Waals surface area contributed by atoms with E-state index in [9.17, 15) is 8.42 Å². The van der Waals surface area contributed by atoms with Crippen LogP contribution in [0.1, 0.15) is 5.56 Å². The molecule has 0 unspecified atom stereocenters. The van der Waals surface area contributed by atoms with Crippen molar-refractivity contribution in [1.82, 2.24) is 14.5 Å². The van der Waals surface area contributed by atoms with Gasteiger partial charge >= 0.3 is 0 Å². The first-order valence-electron chi connectivity index (χ1n) is 8.05. The highest BCUT2D eigenvalue weighted by Gasteiger charge is 2.18. The number of methoxy groups -OCH3 is 1. The Balaban J connectivity index is 1.67. The summed E-state index contributed by atoms with van der Waals surface area (Å²) >= 11 is 1.46. The zero-order chi connectivity index (χ0) is 18.9. The van der Waals surface area contributed by atoms with Crippen LogP contribution in [0.15, 0.2) is 66.1 Å². The number of nitrogens with one attached hydrogen (secondary N) is 1. The van der Waals surface area contributed by atoms with Gasteiger partial charge in [0, 0.05) is 19.5 Å². The van der Waals surface area contributed by atoms with E-state index in [2.05, 4.69) is 14.7 Å². The summed E-state index contributed by atoms with van der Waals surface area (Å²) in [6, 6.07) is 12.1. The van der Waals surface area contributed by atoms with Crippen molar-refractivity contribution in [3.8, 4) is 5.13 Å². The fraction of sp³-hybridized carbons (Fsp3) is 0.111. The molecule has 0 aliphatic heterocycles. The molecule has 0 spiro atoms. The summed E-state index contributed by atoms with van der Waals surface area (Å²) in [4.78, 5) is 8.76. The molecule has 0 atom stereocenters. The third kappa shape index (κ3) is 3.57. The van der Waals surface area contributed by atoms with Crippen LogP contribution in [0.4, 0.5) is 5.69 Å². The van der Waals surface area contributed by atoms with Crippen molar-refractivity contribution in [1.29, 1.82) is 0 Å². The van der Waals surface area contributed by atoms with Gasteiger partial charge in [-0.1, -0.05) is 29.5 Å². The Labute approximate surface area is 160 Å². The number of anilines is 1. The van der Waals surface area contributed by atoms with E-state index in [4.69, 9.17) is 4.74 Å². The predicted octanol–water partition coefficient (Wildman–Crippen LogP) is 3.43. The van der Waals surface area contributed by atoms with Crippen molar-refractivity contribution in [3.63, 3.8) is 0 Å². The Hall–Kier alpha value is -2.75. The lowest BCUT2D eigenvalue weighted by Crippen LogP contribution is -2.15. The standard InChI is InChI=1S/C18H16N4O3S2/c1-25-11-13-4-2-3-5-17(13)27(23,24)21-14-6-7-15-16(10-14)26-18(20-15)22-9-8-19-12-22/h2-10,12,21H,11H2,1H3. The molecule has 0 fully saturated rings. The first kappa shape index (κ1) is 17.7. The van der Waals surface area contributed by atoms with Gasteiger partial charge in [-0.15, -0.1) is 0 Å². The lowest BCUT2D eigenvalue weighted by atomic mass is 10.2. The van der Waals surface area contributed by atoms with E-state index in [-0.39, 0.29) is 11.5 Å². The molecule has 2 aromatic heterocycles. The molecule has 0 saturated heterocycles. The van der Waals surface area contributed by atoms with Crippen LogP contribution in [0.2, 0.25) is 0 Å². The number of hydrogen-bond donors (Lipinski definition) is 1. The van der Waals surface area contributed by atoms with Gasteiger partial charge in [0.1, 0.15) is 6.33 Å². The maximum atomic E-state index is 12.8. The molecule has 4 rings (SSSR count). The molecule has 1 N–H and O–H groups in total. The van der Waals surface area contributed by atoms with Gasteiger partial charge in [-0.05, 0) is 29.8 Å². The van der Waals surface area contributed by atoms with Crippen LogP contribution in [-0.2, 0) is 21.4 Å². The van der Waals surface area contributed by atoms with Crippen LogP contribution in [0.3, 0.4) is 0 Å². The van der Waals surface area contributed by atoms with Gasteiger partial charge < -0.3 is 4.74 Å². The van der Waals surface area contributed by atoms with Crippen LogP contribution in [0.5, 0.6) is 0 Å². The summed E-state index contributed by atoms with van der Waals surface area (Å²) in [6.07, 6.45) is 5.17. The predicted molar refractivity (Wildman–Crippen MR) is 105 cm³/mol. The SMILES string of the molecule is COCc1ccccc1S(=O)(=O)Nc1ccc2nc(-n3ccnc3)sc2c1. The molecule has 7 nitrogen and oxygen atoms in total. The molecule has 0 amide bonds. The van der Waals surface area contributed by atoms with Crippen molar-refractivity contribution >= 4 is 37.3 Å².